The number of ether oxygens (including phenoxy) is 1. The van der Waals surface area contributed by atoms with Gasteiger partial charge in [0.05, 0.1) is 6.61 Å². The Morgan fingerprint density at radius 1 is 0.514 bits per heavy atom. The van der Waals surface area contributed by atoms with Crippen LogP contribution in [-0.2, 0) is 9.53 Å². The summed E-state index contributed by atoms with van der Waals surface area (Å²) in [5, 5.41) is 9.70. The van der Waals surface area contributed by atoms with E-state index in [-0.39, 0.29) is 5.97 Å². The minimum absolute atomic E-state index is 0.00705. The summed E-state index contributed by atoms with van der Waals surface area (Å²) in [5.41, 5.74) is 0. The molecule has 0 aliphatic heterocycles. The highest BCUT2D eigenvalue weighted by molar-refractivity contribution is 5.69. The predicted molar refractivity (Wildman–Crippen MR) is 162 cm³/mol. The Labute approximate surface area is 233 Å². The highest BCUT2D eigenvalue weighted by Crippen LogP contribution is 2.22. The molecule has 0 saturated heterocycles. The minimum Gasteiger partial charge on any atom is -0.466 e. The van der Waals surface area contributed by atoms with Gasteiger partial charge in [-0.25, -0.2) is 0 Å². The summed E-state index contributed by atoms with van der Waals surface area (Å²) in [6.07, 6.45) is 32.4. The Balaban J connectivity index is 3.64. The van der Waals surface area contributed by atoms with Gasteiger partial charge in [0.15, 0.2) is 0 Å². The van der Waals surface area contributed by atoms with Crippen LogP contribution in [0.1, 0.15) is 188 Å². The second-order valence-corrected chi connectivity index (χ2v) is 11.8. The van der Waals surface area contributed by atoms with Gasteiger partial charge >= 0.3 is 5.97 Å². The summed E-state index contributed by atoms with van der Waals surface area (Å²) in [6, 6.07) is 0. The van der Waals surface area contributed by atoms with Crippen LogP contribution in [0.4, 0.5) is 0 Å². The molecule has 0 spiro atoms. The van der Waals surface area contributed by atoms with Crippen molar-refractivity contribution in [2.24, 2.45) is 11.8 Å². The van der Waals surface area contributed by atoms with Crippen LogP contribution in [0.5, 0.6) is 0 Å². The molecular weight excluding hydrogens is 456 g/mol. The van der Waals surface area contributed by atoms with Crippen LogP contribution in [0.15, 0.2) is 0 Å². The van der Waals surface area contributed by atoms with Gasteiger partial charge in [0.25, 0.3) is 0 Å². The molecular formula is C34H68O3. The topological polar surface area (TPSA) is 46.5 Å². The SMILES string of the molecule is CCCCCCCCCCC(CO)CCCCCCCCC(=O)OCCC(CCCCC)CCCCC. The molecule has 0 saturated carbocycles. The second kappa shape index (κ2) is 30.0. The van der Waals surface area contributed by atoms with E-state index in [1.54, 1.807) is 0 Å². The van der Waals surface area contributed by atoms with Crippen LogP contribution < -0.4 is 0 Å². The van der Waals surface area contributed by atoms with Crippen molar-refractivity contribution in [1.29, 1.82) is 0 Å². The van der Waals surface area contributed by atoms with Crippen molar-refractivity contribution < 1.29 is 14.6 Å². The zero-order valence-electron chi connectivity index (χ0n) is 25.7. The van der Waals surface area contributed by atoms with E-state index in [0.29, 0.717) is 25.6 Å². The number of aliphatic hydroxyl groups is 1. The number of carbonyl (C=O) groups is 1. The van der Waals surface area contributed by atoms with E-state index in [9.17, 15) is 9.90 Å². The summed E-state index contributed by atoms with van der Waals surface area (Å²) in [7, 11) is 0. The van der Waals surface area contributed by atoms with Crippen LogP contribution in [-0.4, -0.2) is 24.3 Å². The van der Waals surface area contributed by atoms with E-state index in [0.717, 1.165) is 25.2 Å². The third-order valence-corrected chi connectivity index (χ3v) is 8.19. The van der Waals surface area contributed by atoms with Gasteiger partial charge in [-0.15, -0.1) is 0 Å². The number of unbranched alkanes of at least 4 members (excludes halogenated alkanes) is 16. The Morgan fingerprint density at radius 2 is 0.892 bits per heavy atom. The first-order valence-corrected chi connectivity index (χ1v) is 16.9. The second-order valence-electron chi connectivity index (χ2n) is 11.8. The normalized spacial score (nSPS) is 12.4. The van der Waals surface area contributed by atoms with E-state index in [1.807, 2.05) is 0 Å². The summed E-state index contributed by atoms with van der Waals surface area (Å²) in [5.74, 6) is 1.25. The fourth-order valence-electron chi connectivity index (χ4n) is 5.51. The quantitative estimate of drug-likeness (QED) is 0.0750. The van der Waals surface area contributed by atoms with Crippen molar-refractivity contribution in [3.63, 3.8) is 0 Å². The van der Waals surface area contributed by atoms with Gasteiger partial charge in [0.1, 0.15) is 0 Å². The molecule has 0 rings (SSSR count). The maximum absolute atomic E-state index is 12.1. The van der Waals surface area contributed by atoms with Crippen LogP contribution in [0, 0.1) is 11.8 Å². The third-order valence-electron chi connectivity index (χ3n) is 8.19. The fraction of sp³-hybridized carbons (Fsp3) is 0.971. The molecule has 0 aromatic rings. The lowest BCUT2D eigenvalue weighted by atomic mass is 9.92. The summed E-state index contributed by atoms with van der Waals surface area (Å²) in [4.78, 5) is 12.1. The van der Waals surface area contributed by atoms with E-state index < -0.39 is 0 Å². The Bertz CT molecular complexity index is 440. The summed E-state index contributed by atoms with van der Waals surface area (Å²) in [6.45, 7) is 7.78. The van der Waals surface area contributed by atoms with Crippen molar-refractivity contribution in [2.75, 3.05) is 13.2 Å². The van der Waals surface area contributed by atoms with Crippen LogP contribution >= 0.6 is 0 Å². The molecule has 0 bridgehead atoms. The average molecular weight is 525 g/mol. The monoisotopic (exact) mass is 525 g/mol. The number of carbonyl (C=O) groups excluding carboxylic acids is 1. The largest absolute Gasteiger partial charge is 0.466 e. The van der Waals surface area contributed by atoms with Crippen LogP contribution in [0.2, 0.25) is 0 Å². The minimum atomic E-state index is 0.00705. The van der Waals surface area contributed by atoms with Gasteiger partial charge < -0.3 is 9.84 Å². The third kappa shape index (κ3) is 26.8. The number of hydrogen-bond donors (Lipinski definition) is 1. The molecule has 1 unspecified atom stereocenters. The highest BCUT2D eigenvalue weighted by atomic mass is 16.5. The molecule has 0 aliphatic rings. The van der Waals surface area contributed by atoms with Crippen molar-refractivity contribution in [3.05, 3.63) is 0 Å². The van der Waals surface area contributed by atoms with Gasteiger partial charge in [-0.1, -0.05) is 156 Å². The lowest BCUT2D eigenvalue weighted by Gasteiger charge is -2.16. The highest BCUT2D eigenvalue weighted by Gasteiger charge is 2.11. The lowest BCUT2D eigenvalue weighted by Crippen LogP contribution is -2.10. The van der Waals surface area contributed by atoms with E-state index in [4.69, 9.17) is 4.74 Å². The van der Waals surface area contributed by atoms with Crippen LogP contribution in [0.3, 0.4) is 0 Å². The maximum atomic E-state index is 12.1. The van der Waals surface area contributed by atoms with Gasteiger partial charge in [-0.2, -0.15) is 0 Å². The maximum Gasteiger partial charge on any atom is 0.305 e. The molecule has 1 N–H and O–H groups in total. The van der Waals surface area contributed by atoms with E-state index in [1.165, 1.54) is 141 Å². The Kier molecular flexibility index (Phi) is 29.5. The van der Waals surface area contributed by atoms with Crippen molar-refractivity contribution in [2.45, 2.75) is 188 Å². The number of aliphatic hydroxyl groups excluding tert-OH is 1. The molecule has 222 valence electrons. The average Bonchev–Trinajstić information content (AvgIpc) is 2.90. The lowest BCUT2D eigenvalue weighted by molar-refractivity contribution is -0.144. The number of rotatable bonds is 30. The first kappa shape index (κ1) is 36.4. The summed E-state index contributed by atoms with van der Waals surface area (Å²) >= 11 is 0. The molecule has 3 nitrogen and oxygen atoms in total. The Hall–Kier alpha value is -0.570. The van der Waals surface area contributed by atoms with E-state index in [2.05, 4.69) is 20.8 Å². The smallest absolute Gasteiger partial charge is 0.305 e. The van der Waals surface area contributed by atoms with Crippen molar-refractivity contribution in [1.82, 2.24) is 0 Å². The number of hydrogen-bond acceptors (Lipinski definition) is 3. The van der Waals surface area contributed by atoms with Gasteiger partial charge in [-0.05, 0) is 37.5 Å². The molecule has 0 heterocycles. The van der Waals surface area contributed by atoms with Gasteiger partial charge in [0, 0.05) is 13.0 Å². The molecule has 0 amide bonds. The molecule has 1 atom stereocenters. The van der Waals surface area contributed by atoms with Crippen molar-refractivity contribution >= 4 is 5.97 Å². The molecule has 3 heteroatoms. The molecule has 0 aliphatic carbocycles. The van der Waals surface area contributed by atoms with Crippen LogP contribution in [0.25, 0.3) is 0 Å². The molecule has 37 heavy (non-hydrogen) atoms. The van der Waals surface area contributed by atoms with Gasteiger partial charge in [0.2, 0.25) is 0 Å². The van der Waals surface area contributed by atoms with Gasteiger partial charge in [-0.3, -0.25) is 4.79 Å². The van der Waals surface area contributed by atoms with E-state index >= 15 is 0 Å². The molecule has 0 radical (unpaired) electrons. The standard InChI is InChI=1S/C34H68O3/c1-4-7-10-11-12-13-16-21-26-33(31-35)27-22-17-14-15-18-23-28-34(36)37-30-29-32(24-19-8-5-2)25-20-9-6-3/h32-33,35H,4-31H2,1-3H3. The zero-order chi connectivity index (χ0) is 27.2. The predicted octanol–water partition coefficient (Wildman–Crippen LogP) is 11.0. The Morgan fingerprint density at radius 3 is 1.38 bits per heavy atom. The number of esters is 1. The molecule has 0 aromatic carbocycles. The molecule has 0 aromatic heterocycles. The molecule has 0 fully saturated rings. The summed E-state index contributed by atoms with van der Waals surface area (Å²) < 4.78 is 5.58. The first-order chi connectivity index (χ1) is 18.2. The first-order valence-electron chi connectivity index (χ1n) is 16.9. The van der Waals surface area contributed by atoms with Crippen molar-refractivity contribution in [3.8, 4) is 0 Å². The zero-order valence-corrected chi connectivity index (χ0v) is 25.7. The fourth-order valence-corrected chi connectivity index (χ4v) is 5.51.